The van der Waals surface area contributed by atoms with Gasteiger partial charge in [0.05, 0.1) is 5.69 Å². The van der Waals surface area contributed by atoms with Crippen LogP contribution in [0.3, 0.4) is 0 Å². The molecular weight excluding hydrogens is 298 g/mol. The number of nitrogens with zero attached hydrogens (tertiary/aromatic N) is 4. The van der Waals surface area contributed by atoms with Crippen LogP contribution in [0.25, 0.3) is 5.69 Å². The molecule has 3 aromatic rings. The molecule has 112 valence electrons. The molecule has 0 fully saturated rings. The van der Waals surface area contributed by atoms with Gasteiger partial charge >= 0.3 is 0 Å². The molecule has 22 heavy (non-hydrogen) atoms. The van der Waals surface area contributed by atoms with Gasteiger partial charge in [0, 0.05) is 18.8 Å². The summed E-state index contributed by atoms with van der Waals surface area (Å²) in [5.74, 6) is 0. The lowest BCUT2D eigenvalue weighted by atomic mass is 10.1. The number of hydrogen-bond acceptors (Lipinski definition) is 4. The van der Waals surface area contributed by atoms with E-state index in [1.807, 2.05) is 18.2 Å². The molecule has 2 heterocycles. The molecule has 0 bridgehead atoms. The number of rotatable bonds is 5. The van der Waals surface area contributed by atoms with Crippen LogP contribution < -0.4 is 5.32 Å². The number of benzene rings is 1. The van der Waals surface area contributed by atoms with Gasteiger partial charge in [0.25, 0.3) is 0 Å². The van der Waals surface area contributed by atoms with Crippen molar-refractivity contribution in [1.82, 2.24) is 25.1 Å². The minimum Gasteiger partial charge on any atom is -0.306 e. The molecule has 0 spiro atoms. The summed E-state index contributed by atoms with van der Waals surface area (Å²) in [4.78, 5) is 8.08. The van der Waals surface area contributed by atoms with E-state index in [-0.39, 0.29) is 6.04 Å². The third-order valence-electron chi connectivity index (χ3n) is 3.46. The molecule has 6 heteroatoms. The standard InChI is InChI=1S/C16H16ClN5/c1-12(14-5-6-16(17)20-9-14)19-8-13-3-2-4-15(7-13)22-11-18-10-21-22/h2-7,9-12,19H,8H2,1H3/t12-/m1/s1. The van der Waals surface area contributed by atoms with Gasteiger partial charge < -0.3 is 5.32 Å². The fourth-order valence-electron chi connectivity index (χ4n) is 2.18. The Bertz CT molecular complexity index is 725. The van der Waals surface area contributed by atoms with Gasteiger partial charge in [0.15, 0.2) is 0 Å². The molecular formula is C16H16ClN5. The Labute approximate surface area is 134 Å². The highest BCUT2D eigenvalue weighted by Gasteiger charge is 2.06. The summed E-state index contributed by atoms with van der Waals surface area (Å²) >= 11 is 5.81. The van der Waals surface area contributed by atoms with Crippen LogP contribution in [-0.4, -0.2) is 19.7 Å². The second kappa shape index (κ2) is 6.68. The Balaban J connectivity index is 1.66. The van der Waals surface area contributed by atoms with Gasteiger partial charge in [-0.25, -0.2) is 14.6 Å². The minimum atomic E-state index is 0.194. The van der Waals surface area contributed by atoms with Crippen LogP contribution in [0.1, 0.15) is 24.1 Å². The van der Waals surface area contributed by atoms with E-state index in [9.17, 15) is 0 Å². The molecule has 0 saturated carbocycles. The minimum absolute atomic E-state index is 0.194. The predicted octanol–water partition coefficient (Wildman–Crippen LogP) is 3.17. The van der Waals surface area contributed by atoms with Crippen molar-refractivity contribution in [3.8, 4) is 5.69 Å². The molecule has 0 aliphatic carbocycles. The van der Waals surface area contributed by atoms with Crippen molar-refractivity contribution < 1.29 is 0 Å². The molecule has 0 amide bonds. The number of nitrogens with one attached hydrogen (secondary N) is 1. The summed E-state index contributed by atoms with van der Waals surface area (Å²) < 4.78 is 1.75. The van der Waals surface area contributed by atoms with Gasteiger partial charge in [-0.2, -0.15) is 5.10 Å². The lowest BCUT2D eigenvalue weighted by molar-refractivity contribution is 0.573. The summed E-state index contributed by atoms with van der Waals surface area (Å²) in [5, 5.41) is 8.13. The molecule has 0 radical (unpaired) electrons. The van der Waals surface area contributed by atoms with Gasteiger partial charge in [-0.05, 0) is 36.2 Å². The van der Waals surface area contributed by atoms with Crippen LogP contribution >= 0.6 is 11.6 Å². The summed E-state index contributed by atoms with van der Waals surface area (Å²) in [6, 6.07) is 12.2. The van der Waals surface area contributed by atoms with E-state index in [1.165, 1.54) is 11.9 Å². The number of halogens is 1. The van der Waals surface area contributed by atoms with Crippen LogP contribution in [0.2, 0.25) is 5.15 Å². The van der Waals surface area contributed by atoms with Crippen LogP contribution in [0.15, 0.2) is 55.2 Å². The fraction of sp³-hybridized carbons (Fsp3) is 0.188. The van der Waals surface area contributed by atoms with Crippen LogP contribution in [0.5, 0.6) is 0 Å². The smallest absolute Gasteiger partial charge is 0.138 e. The number of aromatic nitrogens is 4. The van der Waals surface area contributed by atoms with Crippen molar-refractivity contribution in [2.75, 3.05) is 0 Å². The molecule has 0 unspecified atom stereocenters. The second-order valence-corrected chi connectivity index (χ2v) is 5.41. The Morgan fingerprint density at radius 2 is 2.18 bits per heavy atom. The third kappa shape index (κ3) is 3.50. The zero-order chi connectivity index (χ0) is 15.4. The Kier molecular flexibility index (Phi) is 4.46. The third-order valence-corrected chi connectivity index (χ3v) is 3.68. The monoisotopic (exact) mass is 313 g/mol. The summed E-state index contributed by atoms with van der Waals surface area (Å²) in [6.07, 6.45) is 5.01. The van der Waals surface area contributed by atoms with E-state index < -0.39 is 0 Å². The lowest BCUT2D eigenvalue weighted by Gasteiger charge is -2.14. The van der Waals surface area contributed by atoms with Crippen molar-refractivity contribution in [1.29, 1.82) is 0 Å². The maximum Gasteiger partial charge on any atom is 0.138 e. The number of hydrogen-bond donors (Lipinski definition) is 1. The van der Waals surface area contributed by atoms with Crippen molar-refractivity contribution in [2.24, 2.45) is 0 Å². The number of pyridine rings is 1. The molecule has 2 aromatic heterocycles. The van der Waals surface area contributed by atoms with Crippen molar-refractivity contribution in [3.05, 3.63) is 71.5 Å². The Hall–Kier alpha value is -2.24. The first kappa shape index (κ1) is 14.7. The molecule has 0 saturated heterocycles. The van der Waals surface area contributed by atoms with E-state index in [2.05, 4.69) is 39.4 Å². The predicted molar refractivity (Wildman–Crippen MR) is 85.9 cm³/mol. The van der Waals surface area contributed by atoms with E-state index in [4.69, 9.17) is 11.6 Å². The Morgan fingerprint density at radius 1 is 1.27 bits per heavy atom. The molecule has 0 aliphatic heterocycles. The zero-order valence-corrected chi connectivity index (χ0v) is 12.9. The maximum absolute atomic E-state index is 5.81. The lowest BCUT2D eigenvalue weighted by Crippen LogP contribution is -2.18. The quantitative estimate of drug-likeness (QED) is 0.735. The van der Waals surface area contributed by atoms with E-state index in [1.54, 1.807) is 23.3 Å². The van der Waals surface area contributed by atoms with E-state index in [0.717, 1.165) is 17.8 Å². The molecule has 1 N–H and O–H groups in total. The van der Waals surface area contributed by atoms with Gasteiger partial charge in [-0.15, -0.1) is 0 Å². The highest BCUT2D eigenvalue weighted by Crippen LogP contribution is 2.15. The molecule has 5 nitrogen and oxygen atoms in total. The summed E-state index contributed by atoms with van der Waals surface area (Å²) in [5.41, 5.74) is 3.29. The van der Waals surface area contributed by atoms with Crippen LogP contribution in [0.4, 0.5) is 0 Å². The maximum atomic E-state index is 5.81. The normalized spacial score (nSPS) is 12.3. The van der Waals surface area contributed by atoms with Crippen molar-refractivity contribution in [2.45, 2.75) is 19.5 Å². The topological polar surface area (TPSA) is 55.6 Å². The molecule has 1 aromatic carbocycles. The SMILES string of the molecule is C[C@@H](NCc1cccc(-n2cncn2)c1)c1ccc(Cl)nc1. The Morgan fingerprint density at radius 3 is 2.91 bits per heavy atom. The average molecular weight is 314 g/mol. The second-order valence-electron chi connectivity index (χ2n) is 5.03. The van der Waals surface area contributed by atoms with E-state index >= 15 is 0 Å². The summed E-state index contributed by atoms with van der Waals surface area (Å²) in [7, 11) is 0. The largest absolute Gasteiger partial charge is 0.306 e. The van der Waals surface area contributed by atoms with Crippen molar-refractivity contribution >= 4 is 11.6 Å². The average Bonchev–Trinajstić information content (AvgIpc) is 3.08. The van der Waals surface area contributed by atoms with E-state index in [0.29, 0.717) is 5.15 Å². The summed E-state index contributed by atoms with van der Waals surface area (Å²) in [6.45, 7) is 2.86. The van der Waals surface area contributed by atoms with Crippen LogP contribution in [-0.2, 0) is 6.54 Å². The van der Waals surface area contributed by atoms with Gasteiger partial charge in [-0.3, -0.25) is 0 Å². The molecule has 0 aliphatic rings. The molecule has 3 rings (SSSR count). The van der Waals surface area contributed by atoms with Crippen molar-refractivity contribution in [3.63, 3.8) is 0 Å². The van der Waals surface area contributed by atoms with Gasteiger partial charge in [-0.1, -0.05) is 29.8 Å². The van der Waals surface area contributed by atoms with Gasteiger partial charge in [0.1, 0.15) is 17.8 Å². The fourth-order valence-corrected chi connectivity index (χ4v) is 2.29. The highest BCUT2D eigenvalue weighted by atomic mass is 35.5. The first-order chi connectivity index (χ1) is 10.7. The first-order valence-corrected chi connectivity index (χ1v) is 7.39. The first-order valence-electron chi connectivity index (χ1n) is 7.01. The van der Waals surface area contributed by atoms with Gasteiger partial charge in [0.2, 0.25) is 0 Å². The van der Waals surface area contributed by atoms with Crippen LogP contribution in [0, 0.1) is 0 Å². The molecule has 1 atom stereocenters. The highest BCUT2D eigenvalue weighted by molar-refractivity contribution is 6.29. The zero-order valence-electron chi connectivity index (χ0n) is 12.1.